The topological polar surface area (TPSA) is 68.1 Å². The standard InChI is InChI=1S/C12H14ClN3O2/c13-10-5-9(16(17)18)6-11(15-10)14-7-12(3-4-12)8-1-2-8/h5-6,8H,1-4,7H2,(H,14,15). The maximum absolute atomic E-state index is 10.7. The van der Waals surface area contributed by atoms with Crippen LogP contribution in [-0.2, 0) is 0 Å². The third-order valence-electron chi connectivity index (χ3n) is 3.95. The van der Waals surface area contributed by atoms with Gasteiger partial charge in [-0.1, -0.05) is 11.6 Å². The molecule has 1 aromatic heterocycles. The van der Waals surface area contributed by atoms with E-state index in [9.17, 15) is 10.1 Å². The van der Waals surface area contributed by atoms with Gasteiger partial charge in [-0.25, -0.2) is 4.98 Å². The van der Waals surface area contributed by atoms with Gasteiger partial charge in [0, 0.05) is 6.54 Å². The highest BCUT2D eigenvalue weighted by Gasteiger charge is 2.53. The number of nitrogens with zero attached hydrogens (tertiary/aromatic N) is 2. The van der Waals surface area contributed by atoms with E-state index in [2.05, 4.69) is 10.3 Å². The minimum atomic E-state index is -0.452. The number of anilines is 1. The van der Waals surface area contributed by atoms with Crippen molar-refractivity contribution in [3.63, 3.8) is 0 Å². The lowest BCUT2D eigenvalue weighted by atomic mass is 10.0. The molecule has 0 atom stereocenters. The molecule has 3 rings (SSSR count). The molecule has 0 radical (unpaired) electrons. The molecule has 2 saturated carbocycles. The van der Waals surface area contributed by atoms with E-state index in [0.717, 1.165) is 12.5 Å². The average molecular weight is 268 g/mol. The Kier molecular flexibility index (Phi) is 2.66. The van der Waals surface area contributed by atoms with Crippen molar-refractivity contribution in [1.29, 1.82) is 0 Å². The summed E-state index contributed by atoms with van der Waals surface area (Å²) in [5.74, 6) is 1.35. The monoisotopic (exact) mass is 267 g/mol. The highest BCUT2D eigenvalue weighted by molar-refractivity contribution is 6.29. The molecule has 1 N–H and O–H groups in total. The van der Waals surface area contributed by atoms with Crippen molar-refractivity contribution < 1.29 is 4.92 Å². The van der Waals surface area contributed by atoms with Crippen LogP contribution in [0.3, 0.4) is 0 Å². The lowest BCUT2D eigenvalue weighted by Gasteiger charge is -2.15. The van der Waals surface area contributed by atoms with Crippen molar-refractivity contribution in [2.45, 2.75) is 25.7 Å². The second-order valence-corrected chi connectivity index (χ2v) is 5.67. The van der Waals surface area contributed by atoms with E-state index in [4.69, 9.17) is 11.6 Å². The minimum Gasteiger partial charge on any atom is -0.369 e. The molecule has 0 bridgehead atoms. The molecular formula is C12H14ClN3O2. The zero-order valence-corrected chi connectivity index (χ0v) is 10.6. The van der Waals surface area contributed by atoms with Gasteiger partial charge in [-0.3, -0.25) is 10.1 Å². The molecule has 96 valence electrons. The number of aromatic nitrogens is 1. The molecular weight excluding hydrogens is 254 g/mol. The number of nitrogens with one attached hydrogen (secondary N) is 1. The largest absolute Gasteiger partial charge is 0.369 e. The summed E-state index contributed by atoms with van der Waals surface area (Å²) in [6, 6.07) is 2.70. The van der Waals surface area contributed by atoms with Gasteiger partial charge >= 0.3 is 0 Å². The van der Waals surface area contributed by atoms with Crippen LogP contribution in [0.1, 0.15) is 25.7 Å². The van der Waals surface area contributed by atoms with E-state index >= 15 is 0 Å². The molecule has 2 aliphatic carbocycles. The highest BCUT2D eigenvalue weighted by atomic mass is 35.5. The molecule has 2 aliphatic rings. The molecule has 2 fully saturated rings. The summed E-state index contributed by atoms with van der Waals surface area (Å²) in [5, 5.41) is 14.1. The summed E-state index contributed by atoms with van der Waals surface area (Å²) in [6.07, 6.45) is 5.16. The van der Waals surface area contributed by atoms with Gasteiger partial charge in [0.25, 0.3) is 5.69 Å². The number of rotatable bonds is 5. The Hall–Kier alpha value is -1.36. The SMILES string of the molecule is O=[N+]([O-])c1cc(Cl)nc(NCC2(C3CC3)CC2)c1. The van der Waals surface area contributed by atoms with Crippen LogP contribution in [0.5, 0.6) is 0 Å². The van der Waals surface area contributed by atoms with E-state index in [0.29, 0.717) is 11.2 Å². The summed E-state index contributed by atoms with van der Waals surface area (Å²) in [5.41, 5.74) is 0.410. The fraction of sp³-hybridized carbons (Fsp3) is 0.583. The summed E-state index contributed by atoms with van der Waals surface area (Å²) in [4.78, 5) is 14.4. The molecule has 0 saturated heterocycles. The molecule has 0 unspecified atom stereocenters. The number of hydrogen-bond donors (Lipinski definition) is 1. The Bertz CT molecular complexity index is 498. The van der Waals surface area contributed by atoms with Crippen LogP contribution >= 0.6 is 11.6 Å². The van der Waals surface area contributed by atoms with Gasteiger partial charge in [0.2, 0.25) is 0 Å². The zero-order valence-electron chi connectivity index (χ0n) is 9.86. The number of hydrogen-bond acceptors (Lipinski definition) is 4. The van der Waals surface area contributed by atoms with Gasteiger partial charge in [-0.05, 0) is 37.0 Å². The Balaban J connectivity index is 1.70. The fourth-order valence-electron chi connectivity index (χ4n) is 2.53. The van der Waals surface area contributed by atoms with Gasteiger partial charge in [0.05, 0.1) is 17.1 Å². The van der Waals surface area contributed by atoms with Crippen molar-refractivity contribution in [3.8, 4) is 0 Å². The summed E-state index contributed by atoms with van der Waals surface area (Å²) in [7, 11) is 0. The number of pyridine rings is 1. The predicted octanol–water partition coefficient (Wildman–Crippen LogP) is 3.25. The van der Waals surface area contributed by atoms with Crippen molar-refractivity contribution in [2.24, 2.45) is 11.3 Å². The summed E-state index contributed by atoms with van der Waals surface area (Å²) >= 11 is 5.78. The molecule has 0 spiro atoms. The van der Waals surface area contributed by atoms with Crippen molar-refractivity contribution >= 4 is 23.1 Å². The van der Waals surface area contributed by atoms with Crippen LogP contribution in [-0.4, -0.2) is 16.5 Å². The molecule has 18 heavy (non-hydrogen) atoms. The smallest absolute Gasteiger partial charge is 0.276 e. The van der Waals surface area contributed by atoms with Crippen LogP contribution in [0.25, 0.3) is 0 Å². The fourth-order valence-corrected chi connectivity index (χ4v) is 2.73. The molecule has 1 aromatic rings. The van der Waals surface area contributed by atoms with E-state index in [-0.39, 0.29) is 10.8 Å². The first kappa shape index (κ1) is 11.7. The Morgan fingerprint density at radius 3 is 2.78 bits per heavy atom. The number of halogens is 1. The molecule has 0 aromatic carbocycles. The third kappa shape index (κ3) is 2.27. The Morgan fingerprint density at radius 2 is 2.22 bits per heavy atom. The quantitative estimate of drug-likeness (QED) is 0.505. The Morgan fingerprint density at radius 1 is 1.50 bits per heavy atom. The average Bonchev–Trinajstić information content (AvgIpc) is 3.17. The van der Waals surface area contributed by atoms with Crippen molar-refractivity contribution in [2.75, 3.05) is 11.9 Å². The summed E-state index contributed by atoms with van der Waals surface area (Å²) < 4.78 is 0. The van der Waals surface area contributed by atoms with E-state index in [1.54, 1.807) is 0 Å². The maximum Gasteiger partial charge on any atom is 0.276 e. The van der Waals surface area contributed by atoms with Gasteiger partial charge in [-0.15, -0.1) is 0 Å². The zero-order chi connectivity index (χ0) is 12.8. The molecule has 1 heterocycles. The van der Waals surface area contributed by atoms with Crippen molar-refractivity contribution in [1.82, 2.24) is 4.98 Å². The molecule has 0 amide bonds. The first-order valence-corrected chi connectivity index (χ1v) is 6.53. The van der Waals surface area contributed by atoms with Gasteiger partial charge < -0.3 is 5.32 Å². The van der Waals surface area contributed by atoms with Crippen LogP contribution < -0.4 is 5.32 Å². The molecule has 6 heteroatoms. The van der Waals surface area contributed by atoms with Crippen molar-refractivity contribution in [3.05, 3.63) is 27.4 Å². The second kappa shape index (κ2) is 4.09. The van der Waals surface area contributed by atoms with Gasteiger partial charge in [0.15, 0.2) is 0 Å². The van der Waals surface area contributed by atoms with Crippen LogP contribution in [0.4, 0.5) is 11.5 Å². The van der Waals surface area contributed by atoms with Gasteiger partial charge in [0.1, 0.15) is 11.0 Å². The predicted molar refractivity (Wildman–Crippen MR) is 68.8 cm³/mol. The Labute approximate surface area is 110 Å². The molecule has 0 aliphatic heterocycles. The van der Waals surface area contributed by atoms with E-state index < -0.39 is 4.92 Å². The molecule has 5 nitrogen and oxygen atoms in total. The maximum atomic E-state index is 10.7. The van der Waals surface area contributed by atoms with E-state index in [1.165, 1.54) is 37.8 Å². The van der Waals surface area contributed by atoms with E-state index in [1.807, 2.05) is 0 Å². The highest BCUT2D eigenvalue weighted by Crippen LogP contribution is 2.61. The van der Waals surface area contributed by atoms with Crippen LogP contribution in [0.15, 0.2) is 12.1 Å². The van der Waals surface area contributed by atoms with Crippen LogP contribution in [0, 0.1) is 21.4 Å². The second-order valence-electron chi connectivity index (χ2n) is 5.28. The van der Waals surface area contributed by atoms with Gasteiger partial charge in [-0.2, -0.15) is 0 Å². The van der Waals surface area contributed by atoms with Crippen LogP contribution in [0.2, 0.25) is 5.15 Å². The number of nitro groups is 1. The summed E-state index contributed by atoms with van der Waals surface area (Å²) in [6.45, 7) is 0.849. The normalized spacial score (nSPS) is 20.5. The third-order valence-corrected chi connectivity index (χ3v) is 4.14. The lowest BCUT2D eigenvalue weighted by molar-refractivity contribution is -0.384. The first-order valence-electron chi connectivity index (χ1n) is 6.15. The first-order chi connectivity index (χ1) is 8.59. The lowest BCUT2D eigenvalue weighted by Crippen LogP contribution is -2.18. The minimum absolute atomic E-state index is 0.0197.